The Labute approximate surface area is 58.4 Å². The zero-order chi connectivity index (χ0) is 7.56. The van der Waals surface area contributed by atoms with Crippen molar-refractivity contribution < 1.29 is 9.53 Å². The molecule has 0 aliphatic rings. The first-order chi connectivity index (χ1) is 4.77. The predicted octanol–water partition coefficient (Wildman–Crippen LogP) is 0.241. The van der Waals surface area contributed by atoms with Crippen molar-refractivity contribution in [2.24, 2.45) is 7.05 Å². The van der Waals surface area contributed by atoms with Gasteiger partial charge in [0.15, 0.2) is 6.29 Å². The second-order valence-electron chi connectivity index (χ2n) is 1.89. The molecule has 0 saturated heterocycles. The Bertz CT molecular complexity index is 242. The summed E-state index contributed by atoms with van der Waals surface area (Å²) in [7, 11) is 3.21. The fourth-order valence-electron chi connectivity index (χ4n) is 0.726. The molecule has 0 aliphatic heterocycles. The van der Waals surface area contributed by atoms with Crippen LogP contribution in [-0.4, -0.2) is 23.2 Å². The van der Waals surface area contributed by atoms with Gasteiger partial charge in [0.2, 0.25) is 5.88 Å². The van der Waals surface area contributed by atoms with E-state index in [1.54, 1.807) is 13.2 Å². The van der Waals surface area contributed by atoms with Crippen molar-refractivity contribution in [1.29, 1.82) is 0 Å². The molecule has 0 amide bonds. The van der Waals surface area contributed by atoms with Gasteiger partial charge in [-0.3, -0.25) is 9.48 Å². The third-order valence-corrected chi connectivity index (χ3v) is 1.14. The van der Waals surface area contributed by atoms with Gasteiger partial charge in [0.05, 0.1) is 12.7 Å². The number of aromatic nitrogens is 2. The van der Waals surface area contributed by atoms with Gasteiger partial charge in [-0.2, -0.15) is 0 Å². The molecule has 0 atom stereocenters. The molecule has 0 N–H and O–H groups in total. The van der Waals surface area contributed by atoms with Crippen molar-refractivity contribution >= 4 is 6.29 Å². The largest absolute Gasteiger partial charge is 0.479 e. The Hall–Kier alpha value is -1.32. The molecule has 0 spiro atoms. The van der Waals surface area contributed by atoms with E-state index in [-0.39, 0.29) is 0 Å². The van der Waals surface area contributed by atoms with Crippen LogP contribution in [0.3, 0.4) is 0 Å². The van der Waals surface area contributed by atoms with Gasteiger partial charge in [-0.15, -0.1) is 5.10 Å². The van der Waals surface area contributed by atoms with Crippen molar-refractivity contribution in [3.63, 3.8) is 0 Å². The molecule has 0 aromatic carbocycles. The van der Waals surface area contributed by atoms with Crippen LogP contribution in [0.2, 0.25) is 0 Å². The van der Waals surface area contributed by atoms with E-state index < -0.39 is 0 Å². The van der Waals surface area contributed by atoms with Gasteiger partial charge in [0.25, 0.3) is 0 Å². The maximum absolute atomic E-state index is 10.3. The minimum atomic E-state index is 0.373. The molecule has 0 fully saturated rings. The number of hydrogen-bond donors (Lipinski definition) is 0. The Morgan fingerprint density at radius 1 is 1.80 bits per heavy atom. The van der Waals surface area contributed by atoms with Gasteiger partial charge < -0.3 is 4.74 Å². The van der Waals surface area contributed by atoms with E-state index in [9.17, 15) is 4.79 Å². The lowest BCUT2D eigenvalue weighted by atomic mass is 10.4. The SMILES string of the molecule is COc1nn(C)cc1C=O. The third kappa shape index (κ3) is 1.00. The fraction of sp³-hybridized carbons (Fsp3) is 0.333. The number of hydrogen-bond acceptors (Lipinski definition) is 3. The average molecular weight is 140 g/mol. The van der Waals surface area contributed by atoms with E-state index in [0.717, 1.165) is 0 Å². The summed E-state index contributed by atoms with van der Waals surface area (Å²) in [6.07, 6.45) is 2.32. The summed E-state index contributed by atoms with van der Waals surface area (Å²) in [6, 6.07) is 0. The summed E-state index contributed by atoms with van der Waals surface area (Å²) in [6.45, 7) is 0. The van der Waals surface area contributed by atoms with E-state index in [1.165, 1.54) is 11.8 Å². The Balaban J connectivity index is 3.08. The fourth-order valence-corrected chi connectivity index (χ4v) is 0.726. The number of nitrogens with zero attached hydrogens (tertiary/aromatic N) is 2. The molecule has 54 valence electrons. The second-order valence-corrected chi connectivity index (χ2v) is 1.89. The van der Waals surface area contributed by atoms with Crippen LogP contribution in [0.5, 0.6) is 5.88 Å². The highest BCUT2D eigenvalue weighted by atomic mass is 16.5. The standard InChI is InChI=1S/C6H8N2O2/c1-8-3-5(4-9)6(7-8)10-2/h3-4H,1-2H3. The van der Waals surface area contributed by atoms with Crippen LogP contribution in [0, 0.1) is 0 Å². The second kappa shape index (κ2) is 2.51. The zero-order valence-corrected chi connectivity index (χ0v) is 5.87. The predicted molar refractivity (Wildman–Crippen MR) is 35.1 cm³/mol. The van der Waals surface area contributed by atoms with E-state index in [0.29, 0.717) is 17.7 Å². The summed E-state index contributed by atoms with van der Waals surface area (Å²) in [5.41, 5.74) is 0.477. The quantitative estimate of drug-likeness (QED) is 0.553. The maximum Gasteiger partial charge on any atom is 0.243 e. The minimum Gasteiger partial charge on any atom is -0.479 e. The van der Waals surface area contributed by atoms with E-state index in [2.05, 4.69) is 5.10 Å². The normalized spacial score (nSPS) is 9.40. The molecule has 1 heterocycles. The summed E-state index contributed by atoms with van der Waals surface area (Å²) >= 11 is 0. The van der Waals surface area contributed by atoms with Crippen molar-refractivity contribution in [2.45, 2.75) is 0 Å². The highest BCUT2D eigenvalue weighted by Gasteiger charge is 2.04. The van der Waals surface area contributed by atoms with Crippen molar-refractivity contribution in [3.8, 4) is 5.88 Å². The highest BCUT2D eigenvalue weighted by Crippen LogP contribution is 2.10. The molecular formula is C6H8N2O2. The number of carbonyl (C=O) groups excluding carboxylic acids is 1. The first-order valence-corrected chi connectivity index (χ1v) is 2.80. The van der Waals surface area contributed by atoms with E-state index in [4.69, 9.17) is 4.74 Å². The van der Waals surface area contributed by atoms with Gasteiger partial charge in [0.1, 0.15) is 0 Å². The molecule has 4 heteroatoms. The molecule has 0 saturated carbocycles. The van der Waals surface area contributed by atoms with Crippen LogP contribution in [-0.2, 0) is 7.05 Å². The van der Waals surface area contributed by atoms with E-state index in [1.807, 2.05) is 0 Å². The van der Waals surface area contributed by atoms with Crippen LogP contribution in [0.1, 0.15) is 10.4 Å². The van der Waals surface area contributed by atoms with Crippen LogP contribution < -0.4 is 4.74 Å². The lowest BCUT2D eigenvalue weighted by Crippen LogP contribution is -1.89. The van der Waals surface area contributed by atoms with Gasteiger partial charge in [-0.1, -0.05) is 0 Å². The molecule has 1 aromatic heterocycles. The number of rotatable bonds is 2. The highest BCUT2D eigenvalue weighted by molar-refractivity contribution is 5.77. The molecule has 0 aliphatic carbocycles. The van der Waals surface area contributed by atoms with E-state index >= 15 is 0 Å². The lowest BCUT2D eigenvalue weighted by Gasteiger charge is -1.90. The molecule has 1 rings (SSSR count). The molecule has 4 nitrogen and oxygen atoms in total. The lowest BCUT2D eigenvalue weighted by molar-refractivity contribution is 0.112. The van der Waals surface area contributed by atoms with Gasteiger partial charge >= 0.3 is 0 Å². The molecule has 1 aromatic rings. The summed E-state index contributed by atoms with van der Waals surface area (Å²) in [5, 5.41) is 3.86. The number of aryl methyl sites for hydroxylation is 1. The summed E-state index contributed by atoms with van der Waals surface area (Å²) in [5.74, 6) is 0.373. The summed E-state index contributed by atoms with van der Waals surface area (Å²) < 4.78 is 6.32. The maximum atomic E-state index is 10.3. The number of ether oxygens (including phenoxy) is 1. The minimum absolute atomic E-state index is 0.373. The summed E-state index contributed by atoms with van der Waals surface area (Å²) in [4.78, 5) is 10.3. The topological polar surface area (TPSA) is 44.1 Å². The number of methoxy groups -OCH3 is 1. The smallest absolute Gasteiger partial charge is 0.243 e. The van der Waals surface area contributed by atoms with Crippen LogP contribution >= 0.6 is 0 Å². The average Bonchev–Trinajstić information content (AvgIpc) is 2.30. The van der Waals surface area contributed by atoms with Gasteiger partial charge in [-0.25, -0.2) is 0 Å². The van der Waals surface area contributed by atoms with Gasteiger partial charge in [0, 0.05) is 13.2 Å². The molecule has 0 radical (unpaired) electrons. The number of carbonyl (C=O) groups is 1. The first kappa shape index (κ1) is 6.80. The van der Waals surface area contributed by atoms with Crippen molar-refractivity contribution in [1.82, 2.24) is 9.78 Å². The molecule has 10 heavy (non-hydrogen) atoms. The monoisotopic (exact) mass is 140 g/mol. The van der Waals surface area contributed by atoms with Crippen LogP contribution in [0.4, 0.5) is 0 Å². The van der Waals surface area contributed by atoms with Crippen LogP contribution in [0.25, 0.3) is 0 Å². The van der Waals surface area contributed by atoms with Crippen LogP contribution in [0.15, 0.2) is 6.20 Å². The van der Waals surface area contributed by atoms with Crippen molar-refractivity contribution in [3.05, 3.63) is 11.8 Å². The Morgan fingerprint density at radius 2 is 2.50 bits per heavy atom. The van der Waals surface area contributed by atoms with Crippen molar-refractivity contribution in [2.75, 3.05) is 7.11 Å². The zero-order valence-electron chi connectivity index (χ0n) is 5.87. The molecule has 0 bridgehead atoms. The Kier molecular flexibility index (Phi) is 1.71. The third-order valence-electron chi connectivity index (χ3n) is 1.14. The first-order valence-electron chi connectivity index (χ1n) is 2.80. The molecular weight excluding hydrogens is 132 g/mol. The molecule has 0 unspecified atom stereocenters. The number of aldehydes is 1. The Morgan fingerprint density at radius 3 is 2.90 bits per heavy atom. The van der Waals surface area contributed by atoms with Gasteiger partial charge in [-0.05, 0) is 0 Å².